The Morgan fingerprint density at radius 3 is 1.24 bits per heavy atom. The summed E-state index contributed by atoms with van der Waals surface area (Å²) in [6.45, 7) is 6.39. The van der Waals surface area contributed by atoms with Gasteiger partial charge in [-0.1, -0.05) is 165 Å². The summed E-state index contributed by atoms with van der Waals surface area (Å²) < 4.78 is 16.6. The van der Waals surface area contributed by atoms with Crippen LogP contribution in [0, 0.1) is 0 Å². The molecular formula is C48H82O6. The van der Waals surface area contributed by atoms with E-state index in [0.717, 1.165) is 116 Å². The van der Waals surface area contributed by atoms with Gasteiger partial charge >= 0.3 is 17.9 Å². The highest BCUT2D eigenvalue weighted by Crippen LogP contribution is 2.12. The zero-order valence-corrected chi connectivity index (χ0v) is 35.2. The van der Waals surface area contributed by atoms with Crippen LogP contribution in [0.3, 0.4) is 0 Å². The van der Waals surface area contributed by atoms with Crippen LogP contribution < -0.4 is 0 Å². The fraction of sp³-hybridized carbons (Fsp3) is 0.729. The molecule has 310 valence electrons. The van der Waals surface area contributed by atoms with E-state index in [0.29, 0.717) is 19.3 Å². The van der Waals surface area contributed by atoms with Crippen LogP contribution in [-0.4, -0.2) is 37.2 Å². The van der Waals surface area contributed by atoms with Gasteiger partial charge in [-0.3, -0.25) is 14.4 Å². The van der Waals surface area contributed by atoms with Gasteiger partial charge in [0.05, 0.1) is 0 Å². The monoisotopic (exact) mass is 755 g/mol. The van der Waals surface area contributed by atoms with E-state index in [1.807, 2.05) is 0 Å². The second-order valence-corrected chi connectivity index (χ2v) is 14.6. The third kappa shape index (κ3) is 40.3. The van der Waals surface area contributed by atoms with Crippen LogP contribution in [-0.2, 0) is 28.6 Å². The number of unbranched alkanes of at least 4 members (excludes halogenated alkanes) is 20. The van der Waals surface area contributed by atoms with Crippen molar-refractivity contribution < 1.29 is 28.6 Å². The molecule has 0 saturated heterocycles. The van der Waals surface area contributed by atoms with Crippen molar-refractivity contribution in [2.75, 3.05) is 13.2 Å². The summed E-state index contributed by atoms with van der Waals surface area (Å²) in [5.74, 6) is -0.949. The first-order valence-electron chi connectivity index (χ1n) is 22.3. The molecule has 0 saturated carbocycles. The first-order chi connectivity index (χ1) is 26.5. The lowest BCUT2D eigenvalue weighted by atomic mass is 10.1. The third-order valence-electron chi connectivity index (χ3n) is 9.29. The summed E-state index contributed by atoms with van der Waals surface area (Å²) in [7, 11) is 0. The minimum Gasteiger partial charge on any atom is -0.462 e. The lowest BCUT2D eigenvalue weighted by molar-refractivity contribution is -0.167. The molecule has 0 aromatic heterocycles. The van der Waals surface area contributed by atoms with Crippen LogP contribution in [0.15, 0.2) is 60.8 Å². The number of hydrogen-bond acceptors (Lipinski definition) is 6. The van der Waals surface area contributed by atoms with Gasteiger partial charge in [0.1, 0.15) is 13.2 Å². The molecular weight excluding hydrogens is 673 g/mol. The number of rotatable bonds is 39. The molecule has 0 aromatic carbocycles. The minimum absolute atomic E-state index is 0.0938. The fourth-order valence-corrected chi connectivity index (χ4v) is 5.89. The average Bonchev–Trinajstić information content (AvgIpc) is 3.17. The molecule has 0 fully saturated rings. The molecule has 0 spiro atoms. The minimum atomic E-state index is -0.791. The summed E-state index contributed by atoms with van der Waals surface area (Å²) >= 11 is 0. The maximum absolute atomic E-state index is 12.7. The predicted molar refractivity (Wildman–Crippen MR) is 228 cm³/mol. The number of esters is 3. The molecule has 0 rings (SSSR count). The van der Waals surface area contributed by atoms with Gasteiger partial charge in [-0.2, -0.15) is 0 Å². The van der Waals surface area contributed by atoms with E-state index >= 15 is 0 Å². The van der Waals surface area contributed by atoms with Crippen LogP contribution in [0.5, 0.6) is 0 Å². The summed E-state index contributed by atoms with van der Waals surface area (Å²) in [6, 6.07) is 0. The Bertz CT molecular complexity index is 1010. The highest BCUT2D eigenvalue weighted by molar-refractivity contribution is 5.71. The summed E-state index contributed by atoms with van der Waals surface area (Å²) in [5.41, 5.74) is 0. The SMILES string of the molecule is CC\C=C/C=C\C=C/CCCCCCCC(=O)OCC(COC(=O)CCCCCC/C=C\CCCC)OC(=O)CCCCC/C=C\CCCCCCCC. The second-order valence-electron chi connectivity index (χ2n) is 14.6. The average molecular weight is 755 g/mol. The Kier molecular flexibility index (Phi) is 40.6. The molecule has 0 heterocycles. The van der Waals surface area contributed by atoms with E-state index in [4.69, 9.17) is 14.2 Å². The number of carbonyl (C=O) groups excluding carboxylic acids is 3. The van der Waals surface area contributed by atoms with Crippen molar-refractivity contribution in [2.45, 2.75) is 213 Å². The van der Waals surface area contributed by atoms with Crippen molar-refractivity contribution in [1.29, 1.82) is 0 Å². The van der Waals surface area contributed by atoms with Crippen LogP contribution >= 0.6 is 0 Å². The van der Waals surface area contributed by atoms with Gasteiger partial charge in [0.15, 0.2) is 6.10 Å². The molecule has 1 unspecified atom stereocenters. The van der Waals surface area contributed by atoms with E-state index in [2.05, 4.69) is 81.5 Å². The molecule has 0 aliphatic carbocycles. The zero-order valence-electron chi connectivity index (χ0n) is 35.2. The number of carbonyl (C=O) groups is 3. The molecule has 0 N–H and O–H groups in total. The predicted octanol–water partition coefficient (Wildman–Crippen LogP) is 14.1. The van der Waals surface area contributed by atoms with Crippen molar-refractivity contribution >= 4 is 17.9 Å². The van der Waals surface area contributed by atoms with Crippen molar-refractivity contribution in [3.05, 3.63) is 60.8 Å². The maximum atomic E-state index is 12.7. The standard InChI is InChI=1S/C48H82O6/c1-4-7-10-13-16-19-22-24-26-29-32-35-38-41-47(50)53-44-45(43-52-46(49)40-37-34-31-28-21-18-15-12-9-6-3)54-48(51)42-39-36-33-30-27-25-23-20-17-14-11-8-5-2/h7,10,13,15-16,18-19,22,25,27,45H,4-6,8-9,11-12,14,17,20-21,23-24,26,28-44H2,1-3H3/b10-7-,16-13-,18-15-,22-19-,27-25-. The molecule has 54 heavy (non-hydrogen) atoms. The van der Waals surface area contributed by atoms with Crippen molar-refractivity contribution in [3.8, 4) is 0 Å². The lowest BCUT2D eigenvalue weighted by Crippen LogP contribution is -2.30. The lowest BCUT2D eigenvalue weighted by Gasteiger charge is -2.18. The number of allylic oxidation sites excluding steroid dienone is 10. The maximum Gasteiger partial charge on any atom is 0.306 e. The van der Waals surface area contributed by atoms with Gasteiger partial charge in [0.25, 0.3) is 0 Å². The van der Waals surface area contributed by atoms with Crippen LogP contribution in [0.2, 0.25) is 0 Å². The molecule has 1 atom stereocenters. The first kappa shape index (κ1) is 51.1. The van der Waals surface area contributed by atoms with E-state index in [-0.39, 0.29) is 31.1 Å². The Morgan fingerprint density at radius 1 is 0.389 bits per heavy atom. The fourth-order valence-electron chi connectivity index (χ4n) is 5.89. The molecule has 0 bridgehead atoms. The molecule has 0 aliphatic heterocycles. The van der Waals surface area contributed by atoms with Gasteiger partial charge in [-0.25, -0.2) is 0 Å². The number of hydrogen-bond donors (Lipinski definition) is 0. The van der Waals surface area contributed by atoms with Gasteiger partial charge < -0.3 is 14.2 Å². The van der Waals surface area contributed by atoms with Crippen LogP contribution in [0.1, 0.15) is 207 Å². The highest BCUT2D eigenvalue weighted by Gasteiger charge is 2.19. The van der Waals surface area contributed by atoms with Crippen LogP contribution in [0.25, 0.3) is 0 Å². The normalized spacial score (nSPS) is 12.6. The van der Waals surface area contributed by atoms with Crippen molar-refractivity contribution in [3.63, 3.8) is 0 Å². The zero-order chi connectivity index (χ0) is 39.4. The second kappa shape index (κ2) is 42.8. The highest BCUT2D eigenvalue weighted by atomic mass is 16.6. The molecule has 6 nitrogen and oxygen atoms in total. The Morgan fingerprint density at radius 2 is 0.759 bits per heavy atom. The van der Waals surface area contributed by atoms with Crippen molar-refractivity contribution in [2.24, 2.45) is 0 Å². The van der Waals surface area contributed by atoms with Gasteiger partial charge in [-0.15, -0.1) is 0 Å². The summed E-state index contributed by atoms with van der Waals surface area (Å²) in [4.78, 5) is 37.7. The molecule has 6 heteroatoms. The summed E-state index contributed by atoms with van der Waals surface area (Å²) in [6.07, 6.45) is 50.6. The van der Waals surface area contributed by atoms with Gasteiger partial charge in [0.2, 0.25) is 0 Å². The topological polar surface area (TPSA) is 78.9 Å². The van der Waals surface area contributed by atoms with Gasteiger partial charge in [-0.05, 0) is 83.5 Å². The Labute approximate surface area is 332 Å². The van der Waals surface area contributed by atoms with Gasteiger partial charge in [0, 0.05) is 19.3 Å². The number of ether oxygens (including phenoxy) is 3. The van der Waals surface area contributed by atoms with E-state index in [1.54, 1.807) is 0 Å². The Hall–Kier alpha value is -2.89. The van der Waals surface area contributed by atoms with Crippen LogP contribution in [0.4, 0.5) is 0 Å². The Balaban J connectivity index is 4.45. The van der Waals surface area contributed by atoms with E-state index < -0.39 is 6.10 Å². The largest absolute Gasteiger partial charge is 0.462 e. The molecule has 0 radical (unpaired) electrons. The molecule has 0 aliphatic rings. The molecule has 0 aromatic rings. The first-order valence-corrected chi connectivity index (χ1v) is 22.3. The smallest absolute Gasteiger partial charge is 0.306 e. The van der Waals surface area contributed by atoms with E-state index in [1.165, 1.54) is 51.4 Å². The van der Waals surface area contributed by atoms with Crippen molar-refractivity contribution in [1.82, 2.24) is 0 Å². The molecule has 0 amide bonds. The van der Waals surface area contributed by atoms with E-state index in [9.17, 15) is 14.4 Å². The third-order valence-corrected chi connectivity index (χ3v) is 9.29. The quantitative estimate of drug-likeness (QED) is 0.0204. The summed E-state index contributed by atoms with van der Waals surface area (Å²) in [5, 5.41) is 0.